The second-order valence-electron chi connectivity index (χ2n) is 7.54. The van der Waals surface area contributed by atoms with Crippen LogP contribution in [0, 0.1) is 5.92 Å². The van der Waals surface area contributed by atoms with E-state index in [0.29, 0.717) is 51.7 Å². The number of rotatable bonds is 7. The topological polar surface area (TPSA) is 104 Å². The Kier molecular flexibility index (Phi) is 8.46. The third-order valence-corrected chi connectivity index (χ3v) is 5.43. The minimum Gasteiger partial charge on any atom is -0.465 e. The second-order valence-corrected chi connectivity index (χ2v) is 7.54. The molecule has 0 aliphatic carbocycles. The molecule has 1 aromatic rings. The van der Waals surface area contributed by atoms with Crippen molar-refractivity contribution in [3.05, 3.63) is 30.2 Å². The molecule has 0 aromatic carbocycles. The van der Waals surface area contributed by atoms with Crippen molar-refractivity contribution in [3.8, 4) is 0 Å². The van der Waals surface area contributed by atoms with Gasteiger partial charge in [-0.25, -0.2) is 0 Å². The number of carbonyl (C=O) groups excluding carboxylic acids is 3. The number of hydrogen-bond donors (Lipinski definition) is 2. The van der Waals surface area contributed by atoms with E-state index in [1.54, 1.807) is 29.4 Å². The van der Waals surface area contributed by atoms with E-state index >= 15 is 0 Å². The van der Waals surface area contributed by atoms with E-state index in [1.165, 1.54) is 6.08 Å². The maximum Gasteiger partial charge on any atom is 0.309 e. The molecule has 9 heteroatoms. The van der Waals surface area contributed by atoms with Crippen LogP contribution in [0.5, 0.6) is 0 Å². The lowest BCUT2D eigenvalue weighted by atomic mass is 9.96. The van der Waals surface area contributed by atoms with E-state index in [1.807, 2.05) is 0 Å². The first kappa shape index (κ1) is 22.0. The highest BCUT2D eigenvalue weighted by atomic mass is 16.5. The van der Waals surface area contributed by atoms with Gasteiger partial charge < -0.3 is 24.7 Å². The van der Waals surface area contributed by atoms with Gasteiger partial charge in [0, 0.05) is 51.9 Å². The van der Waals surface area contributed by atoms with E-state index in [4.69, 9.17) is 9.15 Å². The Hall–Kier alpha value is -2.65. The molecule has 2 N–H and O–H groups in total. The molecule has 1 aromatic heterocycles. The van der Waals surface area contributed by atoms with Crippen molar-refractivity contribution in [2.24, 2.45) is 5.92 Å². The minimum absolute atomic E-state index is 0.0477. The largest absolute Gasteiger partial charge is 0.465 e. The Balaban J connectivity index is 1.28. The number of carbonyl (C=O) groups is 3. The van der Waals surface area contributed by atoms with E-state index in [9.17, 15) is 14.4 Å². The first-order valence-corrected chi connectivity index (χ1v) is 10.5. The summed E-state index contributed by atoms with van der Waals surface area (Å²) in [5, 5.41) is 5.38. The van der Waals surface area contributed by atoms with Crippen LogP contribution in [0.15, 0.2) is 28.9 Å². The number of ether oxygens (including phenoxy) is 1. The summed E-state index contributed by atoms with van der Waals surface area (Å²) in [7, 11) is 0. The lowest BCUT2D eigenvalue weighted by molar-refractivity contribution is -0.139. The predicted molar refractivity (Wildman–Crippen MR) is 110 cm³/mol. The summed E-state index contributed by atoms with van der Waals surface area (Å²) in [6.45, 7) is 5.98. The smallest absolute Gasteiger partial charge is 0.309 e. The number of piperidine rings is 1. The lowest BCUT2D eigenvalue weighted by Gasteiger charge is -2.31. The van der Waals surface area contributed by atoms with Crippen LogP contribution in [0.2, 0.25) is 0 Å². The molecular weight excluding hydrogens is 388 g/mol. The van der Waals surface area contributed by atoms with Gasteiger partial charge in [-0.15, -0.1) is 0 Å². The molecule has 2 saturated heterocycles. The number of morpholine rings is 1. The summed E-state index contributed by atoms with van der Waals surface area (Å²) in [6.07, 6.45) is 6.32. The van der Waals surface area contributed by atoms with Gasteiger partial charge in [-0.1, -0.05) is 0 Å². The van der Waals surface area contributed by atoms with E-state index < -0.39 is 11.8 Å². The Morgan fingerprint density at radius 3 is 2.50 bits per heavy atom. The van der Waals surface area contributed by atoms with Gasteiger partial charge in [-0.2, -0.15) is 0 Å². The molecule has 3 rings (SSSR count). The van der Waals surface area contributed by atoms with Crippen molar-refractivity contribution in [3.63, 3.8) is 0 Å². The molecule has 3 heterocycles. The van der Waals surface area contributed by atoms with Crippen LogP contribution in [-0.4, -0.2) is 86.5 Å². The van der Waals surface area contributed by atoms with Crippen LogP contribution in [0.4, 0.5) is 0 Å². The standard InChI is InChI=1S/C21H30N4O5/c26-19(4-3-18-2-1-13-30-18)25-8-5-17(6-9-25)16-23-21(28)20(27)22-7-10-24-11-14-29-15-12-24/h1-4,13,17H,5-12,14-16H2,(H,22,27)(H,23,28)/b4-3+. The van der Waals surface area contributed by atoms with Crippen LogP contribution in [-0.2, 0) is 19.1 Å². The fourth-order valence-electron chi connectivity index (χ4n) is 3.55. The number of nitrogens with one attached hydrogen (secondary N) is 2. The van der Waals surface area contributed by atoms with Crippen molar-refractivity contribution < 1.29 is 23.5 Å². The third-order valence-electron chi connectivity index (χ3n) is 5.43. The van der Waals surface area contributed by atoms with Crippen LogP contribution >= 0.6 is 0 Å². The molecule has 30 heavy (non-hydrogen) atoms. The Bertz CT molecular complexity index is 720. The van der Waals surface area contributed by atoms with Crippen LogP contribution in [0.1, 0.15) is 18.6 Å². The zero-order valence-corrected chi connectivity index (χ0v) is 17.2. The molecular formula is C21H30N4O5. The van der Waals surface area contributed by atoms with Gasteiger partial charge in [0.25, 0.3) is 0 Å². The number of nitrogens with zero attached hydrogens (tertiary/aromatic N) is 2. The molecule has 0 spiro atoms. The zero-order valence-electron chi connectivity index (χ0n) is 17.2. The van der Waals surface area contributed by atoms with Gasteiger partial charge in [-0.3, -0.25) is 19.3 Å². The maximum atomic E-state index is 12.2. The zero-order chi connectivity index (χ0) is 21.2. The molecule has 9 nitrogen and oxygen atoms in total. The summed E-state index contributed by atoms with van der Waals surface area (Å²) in [5.74, 6) is -0.346. The number of hydrogen-bond acceptors (Lipinski definition) is 6. The monoisotopic (exact) mass is 418 g/mol. The Labute approximate surface area is 176 Å². The SMILES string of the molecule is O=C(NCCN1CCOCC1)C(=O)NCC1CCN(C(=O)/C=C/c2ccco2)CC1. The van der Waals surface area contributed by atoms with Crippen molar-refractivity contribution in [1.82, 2.24) is 20.4 Å². The predicted octanol–water partition coefficient (Wildman–Crippen LogP) is 0.0960. The van der Waals surface area contributed by atoms with Crippen molar-refractivity contribution in [1.29, 1.82) is 0 Å². The molecule has 164 valence electrons. The first-order chi connectivity index (χ1) is 14.6. The Morgan fingerprint density at radius 2 is 1.80 bits per heavy atom. The van der Waals surface area contributed by atoms with Gasteiger partial charge in [0.1, 0.15) is 5.76 Å². The van der Waals surface area contributed by atoms with Crippen LogP contribution in [0.25, 0.3) is 6.08 Å². The average Bonchev–Trinajstić information content (AvgIpc) is 3.30. The molecule has 2 fully saturated rings. The number of likely N-dealkylation sites (tertiary alicyclic amines) is 1. The summed E-state index contributed by atoms with van der Waals surface area (Å²) in [5.41, 5.74) is 0. The van der Waals surface area contributed by atoms with Crippen molar-refractivity contribution in [2.45, 2.75) is 12.8 Å². The third kappa shape index (κ3) is 7.00. The van der Waals surface area contributed by atoms with E-state index in [2.05, 4.69) is 15.5 Å². The first-order valence-electron chi connectivity index (χ1n) is 10.5. The summed E-state index contributed by atoms with van der Waals surface area (Å²) in [6, 6.07) is 3.56. The molecule has 0 saturated carbocycles. The fourth-order valence-corrected chi connectivity index (χ4v) is 3.55. The van der Waals surface area contributed by atoms with Gasteiger partial charge in [0.15, 0.2) is 0 Å². The summed E-state index contributed by atoms with van der Waals surface area (Å²) >= 11 is 0. The van der Waals surface area contributed by atoms with Crippen molar-refractivity contribution in [2.75, 3.05) is 59.0 Å². The normalized spacial score (nSPS) is 18.5. The molecule has 2 aliphatic heterocycles. The Morgan fingerprint density at radius 1 is 1.07 bits per heavy atom. The summed E-state index contributed by atoms with van der Waals surface area (Å²) in [4.78, 5) is 40.1. The molecule has 0 radical (unpaired) electrons. The van der Waals surface area contributed by atoms with Crippen LogP contribution < -0.4 is 10.6 Å². The highest BCUT2D eigenvalue weighted by Crippen LogP contribution is 2.17. The lowest BCUT2D eigenvalue weighted by Crippen LogP contribution is -2.46. The van der Waals surface area contributed by atoms with E-state index in [-0.39, 0.29) is 11.8 Å². The number of furan rings is 1. The van der Waals surface area contributed by atoms with Gasteiger partial charge >= 0.3 is 11.8 Å². The molecule has 2 aliphatic rings. The molecule has 3 amide bonds. The highest BCUT2D eigenvalue weighted by molar-refractivity contribution is 6.35. The van der Waals surface area contributed by atoms with Gasteiger partial charge in [-0.05, 0) is 37.0 Å². The quantitative estimate of drug-likeness (QED) is 0.481. The molecule has 0 atom stereocenters. The number of amides is 3. The van der Waals surface area contributed by atoms with Gasteiger partial charge in [0.2, 0.25) is 5.91 Å². The fraction of sp³-hybridized carbons (Fsp3) is 0.571. The van der Waals surface area contributed by atoms with Gasteiger partial charge in [0.05, 0.1) is 19.5 Å². The summed E-state index contributed by atoms with van der Waals surface area (Å²) < 4.78 is 10.5. The molecule has 0 bridgehead atoms. The van der Waals surface area contributed by atoms with Crippen molar-refractivity contribution >= 4 is 23.8 Å². The molecule has 0 unspecified atom stereocenters. The highest BCUT2D eigenvalue weighted by Gasteiger charge is 2.23. The van der Waals surface area contributed by atoms with E-state index in [0.717, 1.165) is 25.9 Å². The maximum absolute atomic E-state index is 12.2. The average molecular weight is 418 g/mol. The van der Waals surface area contributed by atoms with Crippen LogP contribution in [0.3, 0.4) is 0 Å². The minimum atomic E-state index is -0.600. The second kappa shape index (κ2) is 11.5.